The van der Waals surface area contributed by atoms with E-state index in [2.05, 4.69) is 4.98 Å². The minimum atomic E-state index is -2.25. The first-order valence-electron chi connectivity index (χ1n) is 14.4. The number of hydrogen-bond donors (Lipinski definition) is 1. The molecule has 0 bridgehead atoms. The highest BCUT2D eigenvalue weighted by atomic mass is 32.2. The summed E-state index contributed by atoms with van der Waals surface area (Å²) in [4.78, 5) is 37.0. The van der Waals surface area contributed by atoms with Gasteiger partial charge in [0.2, 0.25) is 5.12 Å². The molecule has 42 heavy (non-hydrogen) atoms. The van der Waals surface area contributed by atoms with Gasteiger partial charge in [0, 0.05) is 47.3 Å². The van der Waals surface area contributed by atoms with Crippen LogP contribution >= 0.6 is 11.8 Å². The molecule has 1 saturated heterocycles. The predicted octanol–water partition coefficient (Wildman–Crippen LogP) is 5.45. The van der Waals surface area contributed by atoms with Crippen molar-refractivity contribution in [2.45, 2.75) is 63.2 Å². The van der Waals surface area contributed by atoms with Crippen LogP contribution in [-0.2, 0) is 21.0 Å². The van der Waals surface area contributed by atoms with E-state index in [1.54, 1.807) is 18.2 Å². The molecule has 0 amide bonds. The Balaban J connectivity index is 1.26. The van der Waals surface area contributed by atoms with Gasteiger partial charge in [0.15, 0.2) is 17.1 Å². The number of alkyl halides is 3. The monoisotopic (exact) mass is 598 g/mol. The molecule has 6 nitrogen and oxygen atoms in total. The lowest BCUT2D eigenvalue weighted by Crippen LogP contribution is -2.70. The van der Waals surface area contributed by atoms with E-state index in [0.717, 1.165) is 16.5 Å². The third-order valence-electron chi connectivity index (χ3n) is 11.2. The molecule has 0 radical (unpaired) electrons. The van der Waals surface area contributed by atoms with Gasteiger partial charge in [-0.1, -0.05) is 43.0 Å². The summed E-state index contributed by atoms with van der Waals surface area (Å²) >= 11 is 0.534. The Morgan fingerprint density at radius 3 is 2.83 bits per heavy atom. The number of hydrogen-bond acceptors (Lipinski definition) is 7. The molecule has 2 heterocycles. The summed E-state index contributed by atoms with van der Waals surface area (Å²) in [5, 5.41) is 13.9. The zero-order valence-corrected chi connectivity index (χ0v) is 24.3. The Kier molecular flexibility index (Phi) is 6.38. The van der Waals surface area contributed by atoms with E-state index in [9.17, 15) is 19.1 Å². The molecule has 0 unspecified atom stereocenters. The molecule has 3 saturated carbocycles. The number of benzene rings is 1. The first-order valence-corrected chi connectivity index (χ1v) is 15.4. The standard InChI is InChI=1S/C32H33F3N2O4S/c1-29-8-7-21(38)12-24(29)25(34)13-23-22-11-20-16-37(15-18-5-6-19-4-3-9-36-26(19)10-18)41-32(20,28(40)42-17-33)30(22,2)14-27(39)31(23,29)35/h3-10,12,20,22-23,25,27,39H,11,13-17H2,1-2H3/t20-,22-,23-,25-,27-,29-,30-,31-,32-/m0/s1. The van der Waals surface area contributed by atoms with Gasteiger partial charge >= 0.3 is 0 Å². The van der Waals surface area contributed by atoms with E-state index in [4.69, 9.17) is 4.84 Å². The van der Waals surface area contributed by atoms with Crippen molar-refractivity contribution in [2.75, 3.05) is 12.6 Å². The first kappa shape index (κ1) is 28.3. The van der Waals surface area contributed by atoms with Crippen molar-refractivity contribution in [1.29, 1.82) is 0 Å². The maximum atomic E-state index is 17.6. The minimum absolute atomic E-state index is 0.0562. The van der Waals surface area contributed by atoms with Crippen molar-refractivity contribution >= 4 is 33.6 Å². The van der Waals surface area contributed by atoms with Crippen LogP contribution in [0.15, 0.2) is 60.3 Å². The van der Waals surface area contributed by atoms with Crippen molar-refractivity contribution in [3.8, 4) is 0 Å². The van der Waals surface area contributed by atoms with Gasteiger partial charge in [-0.15, -0.1) is 0 Å². The lowest BCUT2D eigenvalue weighted by atomic mass is 9.44. The van der Waals surface area contributed by atoms with E-state index < -0.39 is 69.0 Å². The number of fused-ring (bicyclic) bond motifs is 8. The van der Waals surface area contributed by atoms with Gasteiger partial charge in [-0.2, -0.15) is 5.06 Å². The second-order valence-corrected chi connectivity index (χ2v) is 13.9. The zero-order valence-electron chi connectivity index (χ0n) is 23.4. The molecule has 5 aliphatic rings. The van der Waals surface area contributed by atoms with Crippen molar-refractivity contribution in [2.24, 2.45) is 28.6 Å². The van der Waals surface area contributed by atoms with E-state index in [1.807, 2.05) is 37.3 Å². The summed E-state index contributed by atoms with van der Waals surface area (Å²) in [6, 6.07) is 8.79. The molecule has 1 N–H and O–H groups in total. The highest BCUT2D eigenvalue weighted by molar-refractivity contribution is 8.13. The first-order chi connectivity index (χ1) is 20.0. The van der Waals surface area contributed by atoms with Crippen LogP contribution in [0.2, 0.25) is 0 Å². The Hall–Kier alpha value is -2.53. The molecule has 9 atom stereocenters. The molecular formula is C32H33F3N2O4S. The number of nitrogens with zero attached hydrogens (tertiary/aromatic N) is 2. The van der Waals surface area contributed by atoms with Crippen molar-refractivity contribution < 1.29 is 32.7 Å². The number of thioether (sulfide) groups is 1. The van der Waals surface area contributed by atoms with Crippen LogP contribution in [0, 0.1) is 28.6 Å². The highest BCUT2D eigenvalue weighted by Gasteiger charge is 2.79. The van der Waals surface area contributed by atoms with Crippen LogP contribution in [0.4, 0.5) is 13.2 Å². The van der Waals surface area contributed by atoms with E-state index in [0.29, 0.717) is 31.3 Å². The molecule has 1 aliphatic heterocycles. The molecular weight excluding hydrogens is 565 g/mol. The maximum absolute atomic E-state index is 17.6. The number of pyridine rings is 1. The van der Waals surface area contributed by atoms with E-state index >= 15 is 8.78 Å². The number of aromatic nitrogens is 1. The van der Waals surface area contributed by atoms with Crippen molar-refractivity contribution in [3.63, 3.8) is 0 Å². The third kappa shape index (κ3) is 3.55. The minimum Gasteiger partial charge on any atom is -0.390 e. The summed E-state index contributed by atoms with van der Waals surface area (Å²) in [7, 11) is 0. The SMILES string of the molecule is C[C@]12C=CC(=O)C=C1[C@@H](F)C[C@H]1[C@@H]3C[C@H]4CN(Cc5ccc6cccnc6c5)O[C@@]4(C(=O)SCF)[C@@]3(C)C[C@H](O)[C@@]12F. The molecule has 0 spiro atoms. The molecule has 222 valence electrons. The fraction of sp³-hybridized carbons (Fsp3) is 0.531. The zero-order chi connectivity index (χ0) is 29.7. The van der Waals surface area contributed by atoms with Crippen LogP contribution < -0.4 is 0 Å². The van der Waals surface area contributed by atoms with Crippen LogP contribution in [0.1, 0.15) is 38.7 Å². The average molecular weight is 599 g/mol. The Morgan fingerprint density at radius 1 is 1.24 bits per heavy atom. The number of ketones is 1. The number of rotatable bonds is 4. The fourth-order valence-electron chi connectivity index (χ4n) is 9.33. The van der Waals surface area contributed by atoms with Crippen molar-refractivity contribution in [1.82, 2.24) is 10.0 Å². The van der Waals surface area contributed by atoms with Crippen LogP contribution in [0.3, 0.4) is 0 Å². The van der Waals surface area contributed by atoms with Gasteiger partial charge in [-0.25, -0.2) is 13.2 Å². The predicted molar refractivity (Wildman–Crippen MR) is 152 cm³/mol. The van der Waals surface area contributed by atoms with Crippen LogP contribution in [0.5, 0.6) is 0 Å². The van der Waals surface area contributed by atoms with Gasteiger partial charge < -0.3 is 5.11 Å². The summed E-state index contributed by atoms with van der Waals surface area (Å²) in [6.07, 6.45) is 2.45. The van der Waals surface area contributed by atoms with E-state index in [-0.39, 0.29) is 18.4 Å². The number of hydroxylamine groups is 2. The van der Waals surface area contributed by atoms with Gasteiger partial charge in [0.05, 0.1) is 11.6 Å². The lowest BCUT2D eigenvalue weighted by Gasteiger charge is -2.63. The van der Waals surface area contributed by atoms with Gasteiger partial charge in [-0.3, -0.25) is 19.4 Å². The second-order valence-electron chi connectivity index (χ2n) is 13.0. The number of carbonyl (C=O) groups is 2. The summed E-state index contributed by atoms with van der Waals surface area (Å²) in [5.41, 5.74) is -4.54. The van der Waals surface area contributed by atoms with Crippen molar-refractivity contribution in [3.05, 3.63) is 65.9 Å². The third-order valence-corrected chi connectivity index (χ3v) is 11.9. The average Bonchev–Trinajstić information content (AvgIpc) is 3.43. The summed E-state index contributed by atoms with van der Waals surface area (Å²) in [5.74, 6) is -2.25. The number of halogens is 3. The van der Waals surface area contributed by atoms with Gasteiger partial charge in [0.25, 0.3) is 0 Å². The fourth-order valence-corrected chi connectivity index (χ4v) is 10.1. The van der Waals surface area contributed by atoms with Crippen LogP contribution in [-0.4, -0.2) is 62.1 Å². The number of allylic oxidation sites excluding steroid dienone is 4. The van der Waals surface area contributed by atoms with E-state index in [1.165, 1.54) is 18.2 Å². The molecule has 7 rings (SSSR count). The molecule has 2 aromatic rings. The molecule has 1 aromatic heterocycles. The quantitative estimate of drug-likeness (QED) is 0.501. The maximum Gasteiger partial charge on any atom is 0.226 e. The molecule has 4 aliphatic carbocycles. The molecule has 4 fully saturated rings. The summed E-state index contributed by atoms with van der Waals surface area (Å²) in [6.45, 7) is 4.08. The van der Waals surface area contributed by atoms with Gasteiger partial charge in [-0.05, 0) is 67.5 Å². The van der Waals surface area contributed by atoms with Crippen LogP contribution in [0.25, 0.3) is 10.9 Å². The normalized spacial score (nSPS) is 42.6. The highest BCUT2D eigenvalue weighted by Crippen LogP contribution is 2.73. The smallest absolute Gasteiger partial charge is 0.226 e. The number of aliphatic hydroxyl groups is 1. The second kappa shape index (κ2) is 9.48. The number of carbonyl (C=O) groups excluding carboxylic acids is 2. The Bertz CT molecular complexity index is 1550. The topological polar surface area (TPSA) is 79.7 Å². The Labute approximate surface area is 246 Å². The largest absolute Gasteiger partial charge is 0.390 e. The molecule has 1 aromatic carbocycles. The summed E-state index contributed by atoms with van der Waals surface area (Å²) < 4.78 is 47.0. The number of aliphatic hydroxyl groups excluding tert-OH is 1. The van der Waals surface area contributed by atoms with Gasteiger partial charge in [0.1, 0.15) is 12.2 Å². The Morgan fingerprint density at radius 2 is 2.05 bits per heavy atom. The molecule has 10 heteroatoms. The lowest BCUT2D eigenvalue weighted by molar-refractivity contribution is -0.266.